The van der Waals surface area contributed by atoms with Gasteiger partial charge in [-0.05, 0) is 18.2 Å². The van der Waals surface area contributed by atoms with Crippen LogP contribution in [0.1, 0.15) is 0 Å². The molecule has 19 heavy (non-hydrogen) atoms. The lowest BCUT2D eigenvalue weighted by Gasteiger charge is -2.39. The minimum Gasteiger partial charge on any atom is -0.497 e. The van der Waals surface area contributed by atoms with Gasteiger partial charge in [0.2, 0.25) is 0 Å². The van der Waals surface area contributed by atoms with Crippen molar-refractivity contribution in [1.29, 1.82) is 0 Å². The number of rotatable bonds is 2. The Morgan fingerprint density at radius 1 is 1.37 bits per heavy atom. The van der Waals surface area contributed by atoms with Gasteiger partial charge in [-0.2, -0.15) is 13.2 Å². The smallest absolute Gasteiger partial charge is 0.395 e. The summed E-state index contributed by atoms with van der Waals surface area (Å²) in [5.41, 5.74) is 0.788. The van der Waals surface area contributed by atoms with Crippen molar-refractivity contribution in [3.8, 4) is 5.75 Å². The molecule has 0 N–H and O–H groups in total. The summed E-state index contributed by atoms with van der Waals surface area (Å²) >= 11 is 1.39. The van der Waals surface area contributed by atoms with Crippen LogP contribution in [0.4, 0.5) is 18.3 Å². The molecule has 0 spiro atoms. The van der Waals surface area contributed by atoms with Crippen molar-refractivity contribution < 1.29 is 17.9 Å². The van der Waals surface area contributed by atoms with E-state index in [1.54, 1.807) is 18.1 Å². The largest absolute Gasteiger partial charge is 0.497 e. The lowest BCUT2D eigenvalue weighted by Crippen LogP contribution is -2.53. The van der Waals surface area contributed by atoms with Crippen LogP contribution in [-0.2, 0) is 0 Å². The Kier molecular flexibility index (Phi) is 2.81. The number of alkyl halides is 3. The highest BCUT2D eigenvalue weighted by molar-refractivity contribution is 7.22. The maximum atomic E-state index is 12.4. The van der Waals surface area contributed by atoms with Crippen LogP contribution >= 0.6 is 11.3 Å². The minimum absolute atomic E-state index is 0.000453. The van der Waals surface area contributed by atoms with E-state index in [0.29, 0.717) is 5.13 Å². The molecule has 0 amide bonds. The Labute approximate surface area is 111 Å². The molecule has 1 aliphatic heterocycles. The summed E-state index contributed by atoms with van der Waals surface area (Å²) in [5.74, 6) is -0.506. The first-order chi connectivity index (χ1) is 8.97. The normalized spacial score (nSPS) is 16.7. The molecule has 0 bridgehead atoms. The standard InChI is InChI=1S/C12H11F3N2OS/c1-18-8-2-3-9-10(4-8)19-11(16-9)17-5-7(6-17)12(13,14)15/h2-4,7H,5-6H2,1H3. The maximum absolute atomic E-state index is 12.4. The van der Waals surface area contributed by atoms with Crippen molar-refractivity contribution in [2.45, 2.75) is 6.18 Å². The molecular formula is C12H11F3N2OS. The van der Waals surface area contributed by atoms with Crippen LogP contribution in [-0.4, -0.2) is 31.4 Å². The first kappa shape index (κ1) is 12.5. The lowest BCUT2D eigenvalue weighted by molar-refractivity contribution is -0.180. The molecule has 7 heteroatoms. The van der Waals surface area contributed by atoms with Crippen LogP contribution < -0.4 is 9.64 Å². The molecule has 1 fully saturated rings. The summed E-state index contributed by atoms with van der Waals surface area (Å²) in [5, 5.41) is 0.642. The van der Waals surface area contributed by atoms with Gasteiger partial charge in [0.05, 0.1) is 23.2 Å². The van der Waals surface area contributed by atoms with E-state index in [4.69, 9.17) is 4.74 Å². The monoisotopic (exact) mass is 288 g/mol. The molecule has 1 aromatic carbocycles. The summed E-state index contributed by atoms with van der Waals surface area (Å²) in [6.07, 6.45) is -4.10. The maximum Gasteiger partial charge on any atom is 0.395 e. The molecule has 2 heterocycles. The van der Waals surface area contributed by atoms with E-state index in [2.05, 4.69) is 4.98 Å². The number of benzene rings is 1. The van der Waals surface area contributed by atoms with Gasteiger partial charge in [0.1, 0.15) is 5.75 Å². The van der Waals surface area contributed by atoms with Gasteiger partial charge < -0.3 is 9.64 Å². The molecule has 3 nitrogen and oxygen atoms in total. The van der Waals surface area contributed by atoms with E-state index < -0.39 is 12.1 Å². The van der Waals surface area contributed by atoms with Gasteiger partial charge in [0.25, 0.3) is 0 Å². The zero-order valence-corrected chi connectivity index (χ0v) is 10.9. The highest BCUT2D eigenvalue weighted by Gasteiger charge is 2.47. The quantitative estimate of drug-likeness (QED) is 0.848. The summed E-state index contributed by atoms with van der Waals surface area (Å²) < 4.78 is 43.3. The second-order valence-corrected chi connectivity index (χ2v) is 5.48. The fourth-order valence-corrected chi connectivity index (χ4v) is 3.01. The number of methoxy groups -OCH3 is 1. The van der Waals surface area contributed by atoms with Crippen LogP contribution in [0.5, 0.6) is 5.75 Å². The van der Waals surface area contributed by atoms with Gasteiger partial charge in [-0.1, -0.05) is 11.3 Å². The first-order valence-corrected chi connectivity index (χ1v) is 6.55. The third kappa shape index (κ3) is 2.22. The number of aromatic nitrogens is 1. The number of ether oxygens (including phenoxy) is 1. The molecule has 1 saturated heterocycles. The average molecular weight is 288 g/mol. The van der Waals surface area contributed by atoms with E-state index in [9.17, 15) is 13.2 Å². The van der Waals surface area contributed by atoms with E-state index in [1.807, 2.05) is 12.1 Å². The molecule has 0 atom stereocenters. The fraction of sp³-hybridized carbons (Fsp3) is 0.417. The third-order valence-electron chi connectivity index (χ3n) is 3.20. The fourth-order valence-electron chi connectivity index (χ4n) is 2.00. The average Bonchev–Trinajstić information content (AvgIpc) is 2.66. The van der Waals surface area contributed by atoms with Crippen LogP contribution in [0, 0.1) is 5.92 Å². The molecule has 3 rings (SSSR count). The Hall–Kier alpha value is -1.50. The summed E-state index contributed by atoms with van der Waals surface area (Å²) in [6, 6.07) is 5.45. The molecule has 0 unspecified atom stereocenters. The zero-order valence-electron chi connectivity index (χ0n) is 10.1. The minimum atomic E-state index is -4.10. The number of hydrogen-bond donors (Lipinski definition) is 0. The highest BCUT2D eigenvalue weighted by atomic mass is 32.1. The van der Waals surface area contributed by atoms with Gasteiger partial charge in [0, 0.05) is 13.1 Å². The molecule has 2 aromatic rings. The van der Waals surface area contributed by atoms with Gasteiger partial charge in [-0.3, -0.25) is 0 Å². The predicted octanol–water partition coefficient (Wildman–Crippen LogP) is 3.30. The number of halogens is 3. The van der Waals surface area contributed by atoms with Gasteiger partial charge in [0.15, 0.2) is 5.13 Å². The second-order valence-electron chi connectivity index (χ2n) is 4.47. The number of thiazole rings is 1. The third-order valence-corrected chi connectivity index (χ3v) is 4.28. The van der Waals surface area contributed by atoms with E-state index in [-0.39, 0.29) is 13.1 Å². The zero-order chi connectivity index (χ0) is 13.6. The number of anilines is 1. The van der Waals surface area contributed by atoms with Gasteiger partial charge in [-0.25, -0.2) is 4.98 Å². The Morgan fingerprint density at radius 2 is 2.11 bits per heavy atom. The lowest BCUT2D eigenvalue weighted by atomic mass is 10.0. The van der Waals surface area contributed by atoms with Crippen molar-refractivity contribution in [2.24, 2.45) is 5.92 Å². The Bertz CT molecular complexity index is 605. The molecular weight excluding hydrogens is 277 g/mol. The summed E-state index contributed by atoms with van der Waals surface area (Å²) in [6.45, 7) is 0.000906. The van der Waals surface area contributed by atoms with Crippen LogP contribution in [0.3, 0.4) is 0 Å². The number of hydrogen-bond acceptors (Lipinski definition) is 4. The Balaban J connectivity index is 1.80. The SMILES string of the molecule is COc1ccc2nc(N3CC(C(F)(F)F)C3)sc2c1. The van der Waals surface area contributed by atoms with Crippen molar-refractivity contribution in [3.05, 3.63) is 18.2 Å². The predicted molar refractivity (Wildman–Crippen MR) is 67.9 cm³/mol. The van der Waals surface area contributed by atoms with Crippen molar-refractivity contribution in [1.82, 2.24) is 4.98 Å². The first-order valence-electron chi connectivity index (χ1n) is 5.73. The van der Waals surface area contributed by atoms with Crippen molar-refractivity contribution >= 4 is 26.7 Å². The van der Waals surface area contributed by atoms with Crippen molar-refractivity contribution in [3.63, 3.8) is 0 Å². The molecule has 0 aliphatic carbocycles. The van der Waals surface area contributed by atoms with E-state index in [1.165, 1.54) is 11.3 Å². The van der Waals surface area contributed by atoms with Gasteiger partial charge >= 0.3 is 6.18 Å². The highest BCUT2D eigenvalue weighted by Crippen LogP contribution is 2.39. The van der Waals surface area contributed by atoms with Gasteiger partial charge in [-0.15, -0.1) is 0 Å². The van der Waals surface area contributed by atoms with Crippen LogP contribution in [0.15, 0.2) is 18.2 Å². The summed E-state index contributed by atoms with van der Waals surface area (Å²) in [7, 11) is 1.58. The van der Waals surface area contributed by atoms with E-state index >= 15 is 0 Å². The molecule has 0 saturated carbocycles. The number of fused-ring (bicyclic) bond motifs is 1. The topological polar surface area (TPSA) is 25.4 Å². The van der Waals surface area contributed by atoms with Crippen LogP contribution in [0.25, 0.3) is 10.2 Å². The number of nitrogens with zero attached hydrogens (tertiary/aromatic N) is 2. The Morgan fingerprint density at radius 3 is 2.74 bits per heavy atom. The van der Waals surface area contributed by atoms with E-state index in [0.717, 1.165) is 16.0 Å². The second kappa shape index (κ2) is 4.26. The van der Waals surface area contributed by atoms with Crippen LogP contribution in [0.2, 0.25) is 0 Å². The molecule has 0 radical (unpaired) electrons. The molecule has 1 aromatic heterocycles. The molecule has 1 aliphatic rings. The molecule has 102 valence electrons. The van der Waals surface area contributed by atoms with Crippen molar-refractivity contribution in [2.75, 3.05) is 25.1 Å². The summed E-state index contributed by atoms with van der Waals surface area (Å²) in [4.78, 5) is 6.01.